The van der Waals surface area contributed by atoms with E-state index < -0.39 is 15.9 Å². The Morgan fingerprint density at radius 1 is 1.09 bits per heavy atom. The Labute approximate surface area is 203 Å². The maximum atomic E-state index is 12.5. The smallest absolute Gasteiger partial charge is 0.265 e. The van der Waals surface area contributed by atoms with Crippen molar-refractivity contribution in [1.82, 2.24) is 4.72 Å². The van der Waals surface area contributed by atoms with E-state index in [0.29, 0.717) is 30.0 Å². The maximum Gasteiger partial charge on any atom is 0.265 e. The highest BCUT2D eigenvalue weighted by atomic mass is 35.5. The number of nitrogens with zero attached hydrogens (tertiary/aromatic N) is 1. The second-order valence-electron chi connectivity index (χ2n) is 7.52. The quantitative estimate of drug-likeness (QED) is 0.290. The molecule has 0 heterocycles. The summed E-state index contributed by atoms with van der Waals surface area (Å²) in [5, 5.41) is 7.47. The normalized spacial score (nSPS) is 11.0. The van der Waals surface area contributed by atoms with E-state index in [0.717, 1.165) is 5.56 Å². The number of carbonyl (C=O) groups is 1. The lowest BCUT2D eigenvalue weighted by atomic mass is 10.1. The average Bonchev–Trinajstić information content (AvgIpc) is 2.79. The van der Waals surface area contributed by atoms with Gasteiger partial charge in [0.05, 0.1) is 18.2 Å². The maximum absolute atomic E-state index is 12.5. The van der Waals surface area contributed by atoms with Crippen molar-refractivity contribution in [3.05, 3.63) is 88.9 Å². The summed E-state index contributed by atoms with van der Waals surface area (Å²) in [5.74, 6) is -0.0459. The monoisotopic (exact) mass is 500 g/mol. The third-order valence-electron chi connectivity index (χ3n) is 4.94. The third kappa shape index (κ3) is 6.72. The fraction of sp³-hybridized carbons (Fsp3) is 0.167. The lowest BCUT2D eigenvalue weighted by Crippen LogP contribution is -2.38. The van der Waals surface area contributed by atoms with Crippen molar-refractivity contribution in [2.24, 2.45) is 5.73 Å². The van der Waals surface area contributed by atoms with E-state index in [1.807, 2.05) is 16.9 Å². The molecule has 3 aromatic carbocycles. The van der Waals surface area contributed by atoms with Crippen LogP contribution in [0.2, 0.25) is 5.02 Å². The molecule has 0 aromatic heterocycles. The average molecular weight is 501 g/mol. The van der Waals surface area contributed by atoms with Gasteiger partial charge in [-0.05, 0) is 29.8 Å². The number of benzene rings is 3. The molecule has 4 N–H and O–H groups in total. The number of sulfonamides is 1. The molecule has 10 heteroatoms. The number of hydrogen-bond acceptors (Lipinski definition) is 6. The van der Waals surface area contributed by atoms with Gasteiger partial charge in [-0.25, -0.2) is 13.1 Å². The topological polar surface area (TPSA) is 126 Å². The van der Waals surface area contributed by atoms with Crippen LogP contribution in [0, 0.1) is 5.41 Å². The molecular weight excluding hydrogens is 476 g/mol. The van der Waals surface area contributed by atoms with Crippen LogP contribution in [0.25, 0.3) is 0 Å². The predicted octanol–water partition coefficient (Wildman–Crippen LogP) is 3.19. The van der Waals surface area contributed by atoms with Crippen LogP contribution in [0.3, 0.4) is 0 Å². The molecule has 0 saturated heterocycles. The Kier molecular flexibility index (Phi) is 8.14. The van der Waals surface area contributed by atoms with Crippen molar-refractivity contribution in [2.45, 2.75) is 11.3 Å². The van der Waals surface area contributed by atoms with Crippen LogP contribution in [0.4, 0.5) is 5.69 Å². The van der Waals surface area contributed by atoms with Crippen molar-refractivity contribution in [2.75, 3.05) is 25.1 Å². The molecule has 1 amide bonds. The van der Waals surface area contributed by atoms with Crippen molar-refractivity contribution < 1.29 is 17.9 Å². The van der Waals surface area contributed by atoms with Gasteiger partial charge in [-0.15, -0.1) is 0 Å². The Bertz CT molecular complexity index is 1280. The number of hydrogen-bond donors (Lipinski definition) is 3. The Balaban J connectivity index is 1.55. The molecule has 0 aliphatic carbocycles. The van der Waals surface area contributed by atoms with Gasteiger partial charge >= 0.3 is 0 Å². The number of nitrogen functional groups attached to an aromatic ring is 1. The summed E-state index contributed by atoms with van der Waals surface area (Å²) in [6, 6.07) is 20.5. The Morgan fingerprint density at radius 2 is 1.79 bits per heavy atom. The van der Waals surface area contributed by atoms with Crippen LogP contribution in [0.5, 0.6) is 5.75 Å². The van der Waals surface area contributed by atoms with E-state index >= 15 is 0 Å². The van der Waals surface area contributed by atoms with E-state index in [1.54, 1.807) is 54.4 Å². The zero-order valence-corrected chi connectivity index (χ0v) is 20.1. The summed E-state index contributed by atoms with van der Waals surface area (Å²) < 4.78 is 32.8. The highest BCUT2D eigenvalue weighted by molar-refractivity contribution is 7.90. The van der Waals surface area contributed by atoms with E-state index in [-0.39, 0.29) is 22.3 Å². The largest absolute Gasteiger partial charge is 0.493 e. The van der Waals surface area contributed by atoms with Crippen molar-refractivity contribution in [1.29, 1.82) is 5.41 Å². The van der Waals surface area contributed by atoms with Crippen LogP contribution < -0.4 is 20.1 Å². The predicted molar refractivity (Wildman–Crippen MR) is 133 cm³/mol. The second kappa shape index (κ2) is 11.0. The van der Waals surface area contributed by atoms with Crippen molar-refractivity contribution in [3.8, 4) is 5.75 Å². The van der Waals surface area contributed by atoms with Crippen LogP contribution in [-0.2, 0) is 21.2 Å². The number of nitrogens with two attached hydrogens (primary N) is 1. The molecule has 3 aromatic rings. The minimum absolute atomic E-state index is 0.0267. The SMILES string of the molecule is CN(CC(=O)NS(=O)(=O)c1ccccc1Cl)c1cccc(OCCc2ccc(C(=N)N)cc2)c1. The van der Waals surface area contributed by atoms with Gasteiger partial charge in [-0.2, -0.15) is 0 Å². The molecule has 0 spiro atoms. The first kappa shape index (κ1) is 25.1. The first-order valence-electron chi connectivity index (χ1n) is 10.3. The number of likely N-dealkylation sites (N-methyl/N-ethyl adjacent to an activating group) is 1. The number of amides is 1. The summed E-state index contributed by atoms with van der Waals surface area (Å²) in [4.78, 5) is 13.8. The van der Waals surface area contributed by atoms with Gasteiger partial charge < -0.3 is 15.4 Å². The molecule has 0 unspecified atom stereocenters. The number of ether oxygens (including phenoxy) is 1. The minimum atomic E-state index is -4.07. The molecule has 0 fully saturated rings. The summed E-state index contributed by atoms with van der Waals surface area (Å²) in [6.45, 7) is 0.249. The van der Waals surface area contributed by atoms with Crippen LogP contribution in [0.1, 0.15) is 11.1 Å². The molecule has 0 bridgehead atoms. The molecule has 34 heavy (non-hydrogen) atoms. The van der Waals surface area contributed by atoms with Gasteiger partial charge in [-0.1, -0.05) is 54.1 Å². The van der Waals surface area contributed by atoms with Gasteiger partial charge in [0.1, 0.15) is 16.5 Å². The number of anilines is 1. The number of nitrogens with one attached hydrogen (secondary N) is 2. The van der Waals surface area contributed by atoms with Gasteiger partial charge in [0.25, 0.3) is 15.9 Å². The fourth-order valence-corrected chi connectivity index (χ4v) is 4.65. The summed E-state index contributed by atoms with van der Waals surface area (Å²) in [5.41, 5.74) is 7.88. The van der Waals surface area contributed by atoms with Gasteiger partial charge in [-0.3, -0.25) is 10.2 Å². The number of carbonyl (C=O) groups excluding carboxylic acids is 1. The van der Waals surface area contributed by atoms with E-state index in [9.17, 15) is 13.2 Å². The molecule has 178 valence electrons. The zero-order valence-electron chi connectivity index (χ0n) is 18.5. The molecule has 8 nitrogen and oxygen atoms in total. The van der Waals surface area contributed by atoms with Crippen LogP contribution in [-0.4, -0.2) is 40.4 Å². The van der Waals surface area contributed by atoms with Crippen molar-refractivity contribution in [3.63, 3.8) is 0 Å². The molecule has 0 atom stereocenters. The number of rotatable bonds is 10. The molecule has 0 aliphatic heterocycles. The second-order valence-corrected chi connectivity index (χ2v) is 9.58. The first-order valence-corrected chi connectivity index (χ1v) is 12.2. The summed E-state index contributed by atoms with van der Waals surface area (Å²) >= 11 is 5.94. The van der Waals surface area contributed by atoms with Gasteiger partial charge in [0, 0.05) is 30.8 Å². The van der Waals surface area contributed by atoms with Gasteiger partial charge in [0.15, 0.2) is 0 Å². The standard InChI is InChI=1S/C24H25ClN4O4S/c1-29(16-23(30)28-34(31,32)22-8-3-2-7-21(22)25)19-5-4-6-20(15-19)33-14-13-17-9-11-18(12-10-17)24(26)27/h2-12,15H,13-14,16H2,1H3,(H3,26,27)(H,28,30). The van der Waals surface area contributed by atoms with Gasteiger partial charge in [0.2, 0.25) is 0 Å². The van der Waals surface area contributed by atoms with E-state index in [1.165, 1.54) is 18.2 Å². The molecular formula is C24H25ClN4O4S. The Morgan fingerprint density at radius 3 is 2.47 bits per heavy atom. The molecule has 0 aliphatic rings. The molecule has 0 saturated carbocycles. The number of halogens is 1. The van der Waals surface area contributed by atoms with E-state index in [2.05, 4.69) is 0 Å². The summed E-state index contributed by atoms with van der Waals surface area (Å²) in [6.07, 6.45) is 0.667. The Hall–Kier alpha value is -3.56. The van der Waals surface area contributed by atoms with Crippen LogP contribution in [0.15, 0.2) is 77.7 Å². The first-order chi connectivity index (χ1) is 16.2. The zero-order chi connectivity index (χ0) is 24.7. The third-order valence-corrected chi connectivity index (χ3v) is 6.81. The highest BCUT2D eigenvalue weighted by Crippen LogP contribution is 2.22. The number of amidine groups is 1. The molecule has 3 rings (SSSR count). The van der Waals surface area contributed by atoms with E-state index in [4.69, 9.17) is 27.5 Å². The lowest BCUT2D eigenvalue weighted by molar-refractivity contribution is -0.118. The lowest BCUT2D eigenvalue weighted by Gasteiger charge is -2.19. The fourth-order valence-electron chi connectivity index (χ4n) is 3.15. The van der Waals surface area contributed by atoms with Crippen molar-refractivity contribution >= 4 is 39.1 Å². The van der Waals surface area contributed by atoms with Crippen LogP contribution >= 0.6 is 11.6 Å². The molecule has 0 radical (unpaired) electrons. The highest BCUT2D eigenvalue weighted by Gasteiger charge is 2.21. The summed E-state index contributed by atoms with van der Waals surface area (Å²) in [7, 11) is -2.40. The minimum Gasteiger partial charge on any atom is -0.493 e.